The van der Waals surface area contributed by atoms with E-state index in [2.05, 4.69) is 14.9 Å². The van der Waals surface area contributed by atoms with Gasteiger partial charge in [-0.2, -0.15) is 18.3 Å². The van der Waals surface area contributed by atoms with Crippen LogP contribution in [0.5, 0.6) is 0 Å². The highest BCUT2D eigenvalue weighted by atomic mass is 32.2. The van der Waals surface area contributed by atoms with Crippen molar-refractivity contribution < 1.29 is 21.6 Å². The number of H-pyrrole nitrogens is 1. The second-order valence-corrected chi connectivity index (χ2v) is 8.53. The van der Waals surface area contributed by atoms with Crippen LogP contribution in [-0.2, 0) is 22.6 Å². The molecule has 1 aromatic carbocycles. The predicted molar refractivity (Wildman–Crippen MR) is 90.1 cm³/mol. The van der Waals surface area contributed by atoms with Gasteiger partial charge in [0.05, 0.1) is 22.7 Å². The zero-order chi connectivity index (χ0) is 19.1. The van der Waals surface area contributed by atoms with E-state index in [1.54, 1.807) is 20.0 Å². The number of hydrogen-bond donors (Lipinski definition) is 2. The Labute approximate surface area is 150 Å². The van der Waals surface area contributed by atoms with Gasteiger partial charge in [0.1, 0.15) is 0 Å². The van der Waals surface area contributed by atoms with Crippen molar-refractivity contribution in [1.29, 1.82) is 0 Å². The molecular formula is C17H20F3N3O2S. The number of nitrogens with zero attached hydrogens (tertiary/aromatic N) is 1. The Balaban J connectivity index is 1.99. The molecule has 3 rings (SSSR count). The van der Waals surface area contributed by atoms with Gasteiger partial charge in [0.15, 0.2) is 0 Å². The molecule has 0 spiro atoms. The van der Waals surface area contributed by atoms with Crippen LogP contribution in [0.15, 0.2) is 29.3 Å². The van der Waals surface area contributed by atoms with Crippen molar-refractivity contribution >= 4 is 10.0 Å². The maximum Gasteiger partial charge on any atom is 0.416 e. The lowest BCUT2D eigenvalue weighted by Crippen LogP contribution is -2.31. The Morgan fingerprint density at radius 2 is 2.00 bits per heavy atom. The van der Waals surface area contributed by atoms with Gasteiger partial charge in [-0.3, -0.25) is 5.10 Å². The van der Waals surface area contributed by atoms with Crippen molar-refractivity contribution in [2.24, 2.45) is 0 Å². The summed E-state index contributed by atoms with van der Waals surface area (Å²) in [4.78, 5) is -0.369. The standard InChI is InChI=1S/C17H20F3N3O2S/c1-10(2)11-6-12(17(18,19)20)8-13(7-11)26(24,25)23-16-5-3-4-15-14(16)9-21-22-15/h6-10,16,23H,3-5H2,1-2H3,(H,21,22). The van der Waals surface area contributed by atoms with E-state index in [9.17, 15) is 21.6 Å². The molecule has 9 heteroatoms. The second kappa shape index (κ2) is 6.70. The van der Waals surface area contributed by atoms with Crippen LogP contribution in [0, 0.1) is 0 Å². The number of rotatable bonds is 4. The minimum atomic E-state index is -4.61. The minimum Gasteiger partial charge on any atom is -0.282 e. The van der Waals surface area contributed by atoms with Gasteiger partial charge in [-0.25, -0.2) is 13.1 Å². The number of nitrogens with one attached hydrogen (secondary N) is 2. The molecule has 0 aliphatic heterocycles. The van der Waals surface area contributed by atoms with Gasteiger partial charge in [0.25, 0.3) is 0 Å². The van der Waals surface area contributed by atoms with Crippen LogP contribution in [0.4, 0.5) is 13.2 Å². The third kappa shape index (κ3) is 3.78. The van der Waals surface area contributed by atoms with E-state index in [1.165, 1.54) is 6.07 Å². The highest BCUT2D eigenvalue weighted by molar-refractivity contribution is 7.89. The van der Waals surface area contributed by atoms with E-state index in [0.717, 1.165) is 30.2 Å². The smallest absolute Gasteiger partial charge is 0.282 e. The number of aryl methyl sites for hydroxylation is 1. The minimum absolute atomic E-state index is 0.235. The molecule has 1 unspecified atom stereocenters. The summed E-state index contributed by atoms with van der Waals surface area (Å²) < 4.78 is 67.7. The van der Waals surface area contributed by atoms with Crippen LogP contribution in [0.1, 0.15) is 61.0 Å². The number of aromatic amines is 1. The third-order valence-electron chi connectivity index (χ3n) is 4.58. The molecule has 0 radical (unpaired) electrons. The number of hydrogen-bond acceptors (Lipinski definition) is 3. The number of aromatic nitrogens is 2. The van der Waals surface area contributed by atoms with Gasteiger partial charge < -0.3 is 0 Å². The Kier molecular flexibility index (Phi) is 4.87. The SMILES string of the molecule is CC(C)c1cc(C(F)(F)F)cc(S(=O)(=O)NC2CCCc3[nH]ncc32)c1. The van der Waals surface area contributed by atoms with E-state index in [-0.39, 0.29) is 10.8 Å². The quantitative estimate of drug-likeness (QED) is 0.835. The summed E-state index contributed by atoms with van der Waals surface area (Å²) in [7, 11) is -4.11. The number of halogens is 3. The molecule has 0 fully saturated rings. The molecule has 1 aromatic heterocycles. The summed E-state index contributed by atoms with van der Waals surface area (Å²) in [5.74, 6) is -0.235. The predicted octanol–water partition coefficient (Wildman–Crippen LogP) is 3.91. The van der Waals surface area contributed by atoms with Crippen LogP contribution in [-0.4, -0.2) is 18.6 Å². The van der Waals surface area contributed by atoms with Gasteiger partial charge in [0, 0.05) is 11.3 Å². The maximum atomic E-state index is 13.2. The highest BCUT2D eigenvalue weighted by Gasteiger charge is 2.34. The molecule has 1 aliphatic carbocycles. The Hall–Kier alpha value is -1.87. The van der Waals surface area contributed by atoms with Crippen LogP contribution < -0.4 is 4.72 Å². The number of fused-ring (bicyclic) bond motifs is 1. The zero-order valence-electron chi connectivity index (χ0n) is 14.4. The monoisotopic (exact) mass is 387 g/mol. The van der Waals surface area contributed by atoms with Crippen LogP contribution >= 0.6 is 0 Å². The first-order valence-corrected chi connectivity index (χ1v) is 9.83. The van der Waals surface area contributed by atoms with E-state index < -0.39 is 27.8 Å². The molecule has 1 heterocycles. The second-order valence-electron chi connectivity index (χ2n) is 6.81. The summed E-state index contributed by atoms with van der Waals surface area (Å²) in [5.41, 5.74) is 0.969. The maximum absolute atomic E-state index is 13.2. The van der Waals surface area contributed by atoms with Gasteiger partial charge >= 0.3 is 6.18 Å². The van der Waals surface area contributed by atoms with E-state index in [4.69, 9.17) is 0 Å². The number of alkyl halides is 3. The van der Waals surface area contributed by atoms with Crippen molar-refractivity contribution in [3.05, 3.63) is 46.8 Å². The lowest BCUT2D eigenvalue weighted by molar-refractivity contribution is -0.137. The average molecular weight is 387 g/mol. The highest BCUT2D eigenvalue weighted by Crippen LogP contribution is 2.34. The molecule has 1 atom stereocenters. The van der Waals surface area contributed by atoms with E-state index in [1.807, 2.05) is 0 Å². The molecule has 0 amide bonds. The molecule has 0 saturated heterocycles. The van der Waals surface area contributed by atoms with Gasteiger partial charge in [-0.05, 0) is 48.9 Å². The largest absolute Gasteiger partial charge is 0.416 e. The van der Waals surface area contributed by atoms with Gasteiger partial charge in [-0.1, -0.05) is 13.8 Å². The Morgan fingerprint density at radius 3 is 2.65 bits per heavy atom. The molecule has 2 aromatic rings. The fourth-order valence-electron chi connectivity index (χ4n) is 3.11. The van der Waals surface area contributed by atoms with Crippen LogP contribution in [0.3, 0.4) is 0 Å². The molecule has 5 nitrogen and oxygen atoms in total. The molecule has 0 saturated carbocycles. The van der Waals surface area contributed by atoms with E-state index >= 15 is 0 Å². The first kappa shape index (κ1) is 18.9. The van der Waals surface area contributed by atoms with Crippen molar-refractivity contribution in [2.45, 2.75) is 56.1 Å². The first-order chi connectivity index (χ1) is 12.1. The van der Waals surface area contributed by atoms with Crippen molar-refractivity contribution in [2.75, 3.05) is 0 Å². The van der Waals surface area contributed by atoms with Crippen molar-refractivity contribution in [3.8, 4) is 0 Å². The van der Waals surface area contributed by atoms with Crippen LogP contribution in [0.25, 0.3) is 0 Å². The molecule has 26 heavy (non-hydrogen) atoms. The zero-order valence-corrected chi connectivity index (χ0v) is 15.2. The molecule has 0 bridgehead atoms. The Morgan fingerprint density at radius 1 is 1.27 bits per heavy atom. The summed E-state index contributed by atoms with van der Waals surface area (Å²) in [6.07, 6.45) is -0.941. The van der Waals surface area contributed by atoms with Crippen molar-refractivity contribution in [1.82, 2.24) is 14.9 Å². The van der Waals surface area contributed by atoms with Crippen molar-refractivity contribution in [3.63, 3.8) is 0 Å². The third-order valence-corrected chi connectivity index (χ3v) is 6.03. The molecule has 1 aliphatic rings. The first-order valence-electron chi connectivity index (χ1n) is 8.34. The van der Waals surface area contributed by atoms with Crippen LogP contribution in [0.2, 0.25) is 0 Å². The average Bonchev–Trinajstić information content (AvgIpc) is 3.03. The van der Waals surface area contributed by atoms with Gasteiger partial charge in [0.2, 0.25) is 10.0 Å². The summed E-state index contributed by atoms with van der Waals surface area (Å²) in [5, 5.41) is 6.76. The van der Waals surface area contributed by atoms with Gasteiger partial charge in [-0.15, -0.1) is 0 Å². The molecular weight excluding hydrogens is 367 g/mol. The number of benzene rings is 1. The van der Waals surface area contributed by atoms with E-state index in [0.29, 0.717) is 18.1 Å². The normalized spacial score (nSPS) is 18.2. The number of sulfonamides is 1. The fraction of sp³-hybridized carbons (Fsp3) is 0.471. The Bertz CT molecular complexity index is 904. The molecule has 2 N–H and O–H groups in total. The summed E-state index contributed by atoms with van der Waals surface area (Å²) in [6.45, 7) is 3.44. The fourth-order valence-corrected chi connectivity index (χ4v) is 4.44. The molecule has 142 valence electrons. The lowest BCUT2D eigenvalue weighted by atomic mass is 9.94. The topological polar surface area (TPSA) is 74.8 Å². The summed E-state index contributed by atoms with van der Waals surface area (Å²) >= 11 is 0. The summed E-state index contributed by atoms with van der Waals surface area (Å²) in [6, 6.07) is 2.49. The lowest BCUT2D eigenvalue weighted by Gasteiger charge is -2.23.